The van der Waals surface area contributed by atoms with Crippen molar-refractivity contribution in [3.8, 4) is 17.1 Å². The molecule has 0 aliphatic carbocycles. The van der Waals surface area contributed by atoms with Crippen molar-refractivity contribution >= 4 is 22.6 Å². The summed E-state index contributed by atoms with van der Waals surface area (Å²) in [7, 11) is 1.63. The number of hydrogen-bond acceptors (Lipinski definition) is 7. The number of fused-ring (bicyclic) bond motifs is 1. The Bertz CT molecular complexity index is 1060. The summed E-state index contributed by atoms with van der Waals surface area (Å²) in [5.74, 6) is 2.31. The van der Waals surface area contributed by atoms with Crippen LogP contribution in [0.3, 0.4) is 0 Å². The molecule has 3 aromatic heterocycles. The predicted molar refractivity (Wildman–Crippen MR) is 109 cm³/mol. The highest BCUT2D eigenvalue weighted by atomic mass is 16.5. The molecule has 2 fully saturated rings. The van der Waals surface area contributed by atoms with Crippen LogP contribution in [-0.2, 0) is 4.79 Å². The fraction of sp³-hybridized carbons (Fsp3) is 0.381. The summed E-state index contributed by atoms with van der Waals surface area (Å²) in [4.78, 5) is 32.6. The molecule has 2 aliphatic rings. The summed E-state index contributed by atoms with van der Waals surface area (Å²) < 4.78 is 5.57. The molecule has 1 amide bonds. The Morgan fingerprint density at radius 1 is 1.07 bits per heavy atom. The summed E-state index contributed by atoms with van der Waals surface area (Å²) in [5.41, 5.74) is 1.41. The number of piperidine rings is 1. The van der Waals surface area contributed by atoms with Gasteiger partial charge in [-0.15, -0.1) is 0 Å². The zero-order chi connectivity index (χ0) is 19.8. The van der Waals surface area contributed by atoms with Gasteiger partial charge in [0.05, 0.1) is 35.8 Å². The van der Waals surface area contributed by atoms with Gasteiger partial charge in [-0.3, -0.25) is 14.8 Å². The highest BCUT2D eigenvalue weighted by molar-refractivity contribution is 5.95. The molecule has 148 valence electrons. The molecule has 8 heteroatoms. The first kappa shape index (κ1) is 17.8. The number of rotatable bonds is 3. The van der Waals surface area contributed by atoms with Gasteiger partial charge < -0.3 is 15.0 Å². The van der Waals surface area contributed by atoms with Crippen molar-refractivity contribution in [3.63, 3.8) is 0 Å². The van der Waals surface area contributed by atoms with E-state index >= 15 is 0 Å². The third-order valence-electron chi connectivity index (χ3n) is 6.10. The molecule has 29 heavy (non-hydrogen) atoms. The smallest absolute Gasteiger partial charge is 0.226 e. The minimum atomic E-state index is -0.223. The highest BCUT2D eigenvalue weighted by Gasteiger charge is 2.44. The molecule has 0 unspecified atom stereocenters. The minimum absolute atomic E-state index is 0.198. The van der Waals surface area contributed by atoms with Crippen LogP contribution in [0.5, 0.6) is 5.75 Å². The summed E-state index contributed by atoms with van der Waals surface area (Å²) >= 11 is 0. The molecule has 5 rings (SSSR count). The fourth-order valence-corrected chi connectivity index (χ4v) is 4.39. The van der Waals surface area contributed by atoms with Crippen molar-refractivity contribution in [1.29, 1.82) is 0 Å². The van der Waals surface area contributed by atoms with E-state index in [-0.39, 0.29) is 11.3 Å². The highest BCUT2D eigenvalue weighted by Crippen LogP contribution is 2.41. The number of carbonyl (C=O) groups is 1. The lowest BCUT2D eigenvalue weighted by Gasteiger charge is -2.38. The van der Waals surface area contributed by atoms with E-state index in [1.165, 1.54) is 0 Å². The van der Waals surface area contributed by atoms with Gasteiger partial charge in [0.1, 0.15) is 11.6 Å². The van der Waals surface area contributed by atoms with Crippen LogP contribution in [0, 0.1) is 5.41 Å². The summed E-state index contributed by atoms with van der Waals surface area (Å²) in [6.45, 7) is 2.31. The quantitative estimate of drug-likeness (QED) is 0.733. The van der Waals surface area contributed by atoms with Crippen molar-refractivity contribution in [3.05, 3.63) is 36.9 Å². The first-order valence-corrected chi connectivity index (χ1v) is 9.84. The van der Waals surface area contributed by atoms with Crippen molar-refractivity contribution in [2.75, 3.05) is 31.6 Å². The molecule has 0 bridgehead atoms. The number of aromatic nitrogens is 4. The number of anilines is 1. The number of pyridine rings is 2. The molecule has 2 saturated heterocycles. The Kier molecular flexibility index (Phi) is 4.26. The van der Waals surface area contributed by atoms with Crippen molar-refractivity contribution < 1.29 is 9.53 Å². The number of methoxy groups -OCH3 is 1. The number of carbonyl (C=O) groups excluding carboxylic acids is 1. The maximum atomic E-state index is 12.4. The summed E-state index contributed by atoms with van der Waals surface area (Å²) in [5, 5.41) is 3.85. The van der Waals surface area contributed by atoms with Crippen LogP contribution in [0.1, 0.15) is 19.3 Å². The van der Waals surface area contributed by atoms with Crippen LogP contribution >= 0.6 is 0 Å². The second-order valence-electron chi connectivity index (χ2n) is 7.62. The Morgan fingerprint density at radius 3 is 2.55 bits per heavy atom. The molecular formula is C21H22N6O2. The number of hydrogen-bond donors (Lipinski definition) is 1. The lowest BCUT2D eigenvalue weighted by Crippen LogP contribution is -2.44. The van der Waals surface area contributed by atoms with Crippen LogP contribution in [0.2, 0.25) is 0 Å². The van der Waals surface area contributed by atoms with Gasteiger partial charge in [0.15, 0.2) is 5.82 Å². The molecule has 8 nitrogen and oxygen atoms in total. The maximum Gasteiger partial charge on any atom is 0.226 e. The average Bonchev–Trinajstić information content (AvgIpc) is 3.13. The molecule has 5 heterocycles. The van der Waals surface area contributed by atoms with E-state index in [0.717, 1.165) is 61.2 Å². The van der Waals surface area contributed by atoms with Gasteiger partial charge in [-0.25, -0.2) is 9.97 Å². The number of ether oxygens (including phenoxy) is 1. The zero-order valence-electron chi connectivity index (χ0n) is 16.3. The van der Waals surface area contributed by atoms with E-state index in [9.17, 15) is 4.79 Å². The summed E-state index contributed by atoms with van der Waals surface area (Å²) in [6, 6.07) is 3.79. The van der Waals surface area contributed by atoms with Crippen LogP contribution in [0.25, 0.3) is 22.3 Å². The maximum absolute atomic E-state index is 12.4. The lowest BCUT2D eigenvalue weighted by atomic mass is 9.77. The standard InChI is InChI=1S/C21H22N6O2/c1-29-16-13-23-12-15-17(16)19(26-18(25-15)14-2-7-22-8-3-14)27-10-5-21(6-11-27)4-9-24-20(21)28/h2-3,7-8,12-13H,4-6,9-11H2,1H3,(H,24,28). The SMILES string of the molecule is COc1cncc2nc(-c3ccncc3)nc(N3CCC4(CCNC4=O)CC3)c12. The molecule has 1 N–H and O–H groups in total. The molecule has 0 atom stereocenters. The van der Waals surface area contributed by atoms with Crippen LogP contribution in [0.15, 0.2) is 36.9 Å². The average molecular weight is 390 g/mol. The first-order chi connectivity index (χ1) is 14.2. The zero-order valence-corrected chi connectivity index (χ0v) is 16.3. The van der Waals surface area contributed by atoms with Gasteiger partial charge in [0, 0.05) is 37.6 Å². The molecular weight excluding hydrogens is 368 g/mol. The third kappa shape index (κ3) is 2.95. The number of nitrogens with one attached hydrogen (secondary N) is 1. The van der Waals surface area contributed by atoms with Gasteiger partial charge in [0.25, 0.3) is 0 Å². The van der Waals surface area contributed by atoms with E-state index in [2.05, 4.69) is 20.2 Å². The largest absolute Gasteiger partial charge is 0.494 e. The van der Waals surface area contributed by atoms with E-state index in [1.54, 1.807) is 31.9 Å². The second-order valence-corrected chi connectivity index (χ2v) is 7.62. The Labute approximate surface area is 168 Å². The first-order valence-electron chi connectivity index (χ1n) is 9.84. The number of nitrogens with zero attached hydrogens (tertiary/aromatic N) is 5. The van der Waals surface area contributed by atoms with Crippen molar-refractivity contribution in [2.45, 2.75) is 19.3 Å². The van der Waals surface area contributed by atoms with Crippen LogP contribution in [-0.4, -0.2) is 52.6 Å². The normalized spacial score (nSPS) is 18.2. The van der Waals surface area contributed by atoms with E-state index in [4.69, 9.17) is 14.7 Å². The molecule has 0 aromatic carbocycles. The Balaban J connectivity index is 1.59. The van der Waals surface area contributed by atoms with E-state index in [0.29, 0.717) is 11.6 Å². The minimum Gasteiger partial charge on any atom is -0.494 e. The Hall–Kier alpha value is -3.29. The molecule has 0 radical (unpaired) electrons. The van der Waals surface area contributed by atoms with Gasteiger partial charge in [-0.1, -0.05) is 0 Å². The third-order valence-corrected chi connectivity index (χ3v) is 6.10. The van der Waals surface area contributed by atoms with Gasteiger partial charge in [-0.05, 0) is 31.4 Å². The summed E-state index contributed by atoms with van der Waals surface area (Å²) in [6.07, 6.45) is 9.45. The lowest BCUT2D eigenvalue weighted by molar-refractivity contribution is -0.128. The fourth-order valence-electron chi connectivity index (χ4n) is 4.39. The molecule has 3 aromatic rings. The van der Waals surface area contributed by atoms with Gasteiger partial charge in [0.2, 0.25) is 5.91 Å². The Morgan fingerprint density at radius 2 is 1.86 bits per heavy atom. The molecule has 0 saturated carbocycles. The number of amides is 1. The van der Waals surface area contributed by atoms with Gasteiger partial charge >= 0.3 is 0 Å². The monoisotopic (exact) mass is 390 g/mol. The molecule has 1 spiro atoms. The van der Waals surface area contributed by atoms with E-state index in [1.807, 2.05) is 12.1 Å². The van der Waals surface area contributed by atoms with Crippen LogP contribution in [0.4, 0.5) is 5.82 Å². The second kappa shape index (κ2) is 6.95. The topological polar surface area (TPSA) is 93.1 Å². The van der Waals surface area contributed by atoms with Crippen LogP contribution < -0.4 is 15.0 Å². The van der Waals surface area contributed by atoms with Crippen molar-refractivity contribution in [2.24, 2.45) is 5.41 Å². The van der Waals surface area contributed by atoms with E-state index < -0.39 is 0 Å². The van der Waals surface area contributed by atoms with Gasteiger partial charge in [-0.2, -0.15) is 0 Å². The predicted octanol–water partition coefficient (Wildman–Crippen LogP) is 2.20. The van der Waals surface area contributed by atoms with Crippen molar-refractivity contribution in [1.82, 2.24) is 25.3 Å². The molecule has 2 aliphatic heterocycles.